The maximum atomic E-state index is 12.9. The molecule has 2 aromatic carbocycles. The number of halogens is 1. The number of nitrogens with one attached hydrogen (secondary N) is 1. The fourth-order valence-electron chi connectivity index (χ4n) is 2.71. The van der Waals surface area contributed by atoms with Crippen molar-refractivity contribution in [1.29, 1.82) is 0 Å². The van der Waals surface area contributed by atoms with Crippen molar-refractivity contribution in [2.45, 2.75) is 13.5 Å². The van der Waals surface area contributed by atoms with Crippen molar-refractivity contribution in [3.05, 3.63) is 63.9 Å². The van der Waals surface area contributed by atoms with Crippen LogP contribution in [0.3, 0.4) is 0 Å². The molecular formula is C20H17FN2O4S. The largest absolute Gasteiger partial charge is 0.486 e. The van der Waals surface area contributed by atoms with Gasteiger partial charge in [0.1, 0.15) is 41.3 Å². The van der Waals surface area contributed by atoms with Gasteiger partial charge >= 0.3 is 0 Å². The average Bonchev–Trinajstić information content (AvgIpc) is 3.08. The molecule has 4 rings (SSSR count). The van der Waals surface area contributed by atoms with Crippen LogP contribution >= 0.6 is 11.3 Å². The van der Waals surface area contributed by atoms with Crippen molar-refractivity contribution in [3.63, 3.8) is 0 Å². The summed E-state index contributed by atoms with van der Waals surface area (Å²) in [6.45, 7) is 2.97. The van der Waals surface area contributed by atoms with Gasteiger partial charge in [-0.25, -0.2) is 9.37 Å². The molecule has 28 heavy (non-hydrogen) atoms. The van der Waals surface area contributed by atoms with Crippen LogP contribution in [0.15, 0.2) is 42.5 Å². The molecule has 3 aromatic rings. The van der Waals surface area contributed by atoms with E-state index in [-0.39, 0.29) is 18.3 Å². The van der Waals surface area contributed by atoms with Crippen LogP contribution in [0.2, 0.25) is 0 Å². The highest BCUT2D eigenvalue weighted by molar-refractivity contribution is 7.13. The number of hydrogen-bond donors (Lipinski definition) is 1. The molecule has 6 nitrogen and oxygen atoms in total. The van der Waals surface area contributed by atoms with E-state index in [1.165, 1.54) is 23.5 Å². The molecule has 0 saturated heterocycles. The van der Waals surface area contributed by atoms with Crippen molar-refractivity contribution >= 4 is 22.9 Å². The lowest BCUT2D eigenvalue weighted by Gasteiger charge is -2.18. The topological polar surface area (TPSA) is 69.7 Å². The molecule has 0 unspecified atom stereocenters. The second-order valence-corrected chi connectivity index (χ2v) is 7.16. The zero-order chi connectivity index (χ0) is 19.5. The van der Waals surface area contributed by atoms with Crippen LogP contribution in [0.5, 0.6) is 17.2 Å². The van der Waals surface area contributed by atoms with E-state index in [1.807, 2.05) is 0 Å². The van der Waals surface area contributed by atoms with Crippen molar-refractivity contribution in [1.82, 2.24) is 4.98 Å². The third-order valence-corrected chi connectivity index (χ3v) is 5.15. The molecule has 144 valence electrons. The molecule has 0 aliphatic carbocycles. The van der Waals surface area contributed by atoms with Crippen LogP contribution < -0.4 is 19.5 Å². The summed E-state index contributed by atoms with van der Waals surface area (Å²) in [5.41, 5.74) is 1.24. The monoisotopic (exact) mass is 400 g/mol. The smallest absolute Gasteiger partial charge is 0.267 e. The Balaban J connectivity index is 1.42. The Kier molecular flexibility index (Phi) is 5.12. The number of aromatic nitrogens is 1. The highest BCUT2D eigenvalue weighted by Gasteiger charge is 2.18. The number of carbonyl (C=O) groups excluding carboxylic acids is 1. The lowest BCUT2D eigenvalue weighted by atomic mass is 10.2. The van der Waals surface area contributed by atoms with Gasteiger partial charge in [-0.2, -0.15) is 0 Å². The molecule has 1 aliphatic heterocycles. The molecular weight excluding hydrogens is 383 g/mol. The second kappa shape index (κ2) is 7.85. The minimum atomic E-state index is -0.324. The quantitative estimate of drug-likeness (QED) is 0.695. The number of aryl methyl sites for hydroxylation is 1. The van der Waals surface area contributed by atoms with Crippen molar-refractivity contribution in [2.75, 3.05) is 18.5 Å². The summed E-state index contributed by atoms with van der Waals surface area (Å²) in [6, 6.07) is 11.0. The number of ether oxygens (including phenoxy) is 3. The summed E-state index contributed by atoms with van der Waals surface area (Å²) in [4.78, 5) is 17.5. The first-order chi connectivity index (χ1) is 13.6. The number of carbonyl (C=O) groups is 1. The number of nitrogens with zero attached hydrogens (tertiary/aromatic N) is 1. The van der Waals surface area contributed by atoms with Gasteiger partial charge in [0.2, 0.25) is 0 Å². The molecule has 8 heteroatoms. The molecule has 2 heterocycles. The molecule has 0 fully saturated rings. The number of amides is 1. The maximum Gasteiger partial charge on any atom is 0.267 e. The first-order valence-corrected chi connectivity index (χ1v) is 9.46. The minimum Gasteiger partial charge on any atom is -0.486 e. The van der Waals surface area contributed by atoms with Gasteiger partial charge in [0.15, 0.2) is 11.5 Å². The van der Waals surface area contributed by atoms with E-state index < -0.39 is 0 Å². The van der Waals surface area contributed by atoms with Gasteiger partial charge in [0.25, 0.3) is 5.91 Å². The predicted molar refractivity (Wildman–Crippen MR) is 103 cm³/mol. The third-order valence-electron chi connectivity index (χ3n) is 4.02. The maximum absolute atomic E-state index is 12.9. The summed E-state index contributed by atoms with van der Waals surface area (Å²) in [7, 11) is 0. The van der Waals surface area contributed by atoms with E-state index in [1.54, 1.807) is 37.3 Å². The first-order valence-electron chi connectivity index (χ1n) is 8.64. The second-order valence-electron chi connectivity index (χ2n) is 6.08. The SMILES string of the molecule is Cc1nc(COc2ccc(F)cc2)sc1C(=O)Nc1ccc2c(c1)OCCO2. The van der Waals surface area contributed by atoms with Gasteiger partial charge in [-0.1, -0.05) is 0 Å². The van der Waals surface area contributed by atoms with Gasteiger partial charge in [-0.15, -0.1) is 11.3 Å². The first kappa shape index (κ1) is 18.2. The zero-order valence-electron chi connectivity index (χ0n) is 15.0. The summed E-state index contributed by atoms with van der Waals surface area (Å²) >= 11 is 1.26. The molecule has 0 radical (unpaired) electrons. The molecule has 1 aromatic heterocycles. The average molecular weight is 400 g/mol. The van der Waals surface area contributed by atoms with E-state index in [2.05, 4.69) is 10.3 Å². The Bertz CT molecular complexity index is 1000. The molecule has 0 bridgehead atoms. The van der Waals surface area contributed by atoms with Crippen LogP contribution in [0.4, 0.5) is 10.1 Å². The fourth-order valence-corrected chi connectivity index (χ4v) is 3.58. The summed E-state index contributed by atoms with van der Waals surface area (Å²) in [6.07, 6.45) is 0. The van der Waals surface area contributed by atoms with Gasteiger partial charge < -0.3 is 19.5 Å². The summed E-state index contributed by atoms with van der Waals surface area (Å²) < 4.78 is 29.6. The highest BCUT2D eigenvalue weighted by Crippen LogP contribution is 2.33. The normalized spacial score (nSPS) is 12.5. The molecule has 1 amide bonds. The van der Waals surface area contributed by atoms with Crippen molar-refractivity contribution in [3.8, 4) is 17.2 Å². The van der Waals surface area contributed by atoms with E-state index in [4.69, 9.17) is 14.2 Å². The molecule has 1 N–H and O–H groups in total. The molecule has 0 atom stereocenters. The number of benzene rings is 2. The number of anilines is 1. The third kappa shape index (κ3) is 4.07. The Morgan fingerprint density at radius 3 is 2.71 bits per heavy atom. The molecule has 0 spiro atoms. The lowest BCUT2D eigenvalue weighted by Crippen LogP contribution is -2.16. The Morgan fingerprint density at radius 2 is 1.93 bits per heavy atom. The zero-order valence-corrected chi connectivity index (χ0v) is 15.8. The lowest BCUT2D eigenvalue weighted by molar-refractivity contribution is 0.102. The van der Waals surface area contributed by atoms with Gasteiger partial charge in [0.05, 0.1) is 5.69 Å². The van der Waals surface area contributed by atoms with Crippen LogP contribution in [-0.4, -0.2) is 24.1 Å². The number of rotatable bonds is 5. The van der Waals surface area contributed by atoms with Crippen LogP contribution in [-0.2, 0) is 6.61 Å². The van der Waals surface area contributed by atoms with E-state index >= 15 is 0 Å². The van der Waals surface area contributed by atoms with Gasteiger partial charge in [0, 0.05) is 11.8 Å². The molecule has 1 aliphatic rings. The number of fused-ring (bicyclic) bond motifs is 1. The Morgan fingerprint density at radius 1 is 1.18 bits per heavy atom. The number of thiazole rings is 1. The van der Waals surface area contributed by atoms with E-state index in [0.29, 0.717) is 51.7 Å². The van der Waals surface area contributed by atoms with Gasteiger partial charge in [-0.3, -0.25) is 4.79 Å². The summed E-state index contributed by atoms with van der Waals surface area (Å²) in [5, 5.41) is 3.52. The predicted octanol–water partition coefficient (Wildman–Crippen LogP) is 4.19. The van der Waals surface area contributed by atoms with Crippen molar-refractivity contribution < 1.29 is 23.4 Å². The fraction of sp³-hybridized carbons (Fsp3) is 0.200. The van der Waals surface area contributed by atoms with E-state index in [0.717, 1.165) is 0 Å². The van der Waals surface area contributed by atoms with E-state index in [9.17, 15) is 9.18 Å². The molecule has 0 saturated carbocycles. The standard InChI is InChI=1S/C20H17FN2O4S/c1-12-19(28-18(22-12)11-27-15-5-2-13(21)3-6-15)20(24)23-14-4-7-16-17(10-14)26-9-8-25-16/h2-7,10H,8-9,11H2,1H3,(H,23,24). The van der Waals surface area contributed by atoms with Crippen LogP contribution in [0.1, 0.15) is 20.4 Å². The van der Waals surface area contributed by atoms with Crippen LogP contribution in [0, 0.1) is 12.7 Å². The Hall–Kier alpha value is -3.13. The van der Waals surface area contributed by atoms with Gasteiger partial charge in [-0.05, 0) is 43.3 Å². The summed E-state index contributed by atoms with van der Waals surface area (Å²) in [5.74, 6) is 1.24. The number of hydrogen-bond acceptors (Lipinski definition) is 6. The Labute approximate surface area is 164 Å². The highest BCUT2D eigenvalue weighted by atomic mass is 32.1. The minimum absolute atomic E-state index is 0.203. The van der Waals surface area contributed by atoms with Crippen LogP contribution in [0.25, 0.3) is 0 Å². The van der Waals surface area contributed by atoms with Crippen molar-refractivity contribution in [2.24, 2.45) is 0 Å².